The van der Waals surface area contributed by atoms with Gasteiger partial charge in [0, 0.05) is 30.1 Å². The Morgan fingerprint density at radius 3 is 0.700 bits per heavy atom. The van der Waals surface area contributed by atoms with E-state index in [4.69, 9.17) is 125 Å². The molecule has 6 atom stereocenters. The average molecular weight is 1350 g/mol. The molecule has 6 unspecified atom stereocenters. The van der Waals surface area contributed by atoms with E-state index in [-0.39, 0.29) is 102 Å². The fraction of sp³-hybridized carbons (Fsp3) is 0.439. The van der Waals surface area contributed by atoms with E-state index in [1.807, 2.05) is 32.9 Å². The van der Waals surface area contributed by atoms with Crippen molar-refractivity contribution in [2.45, 2.75) is 154 Å². The molecule has 0 aromatic heterocycles. The number of benzene rings is 6. The van der Waals surface area contributed by atoms with E-state index in [1.165, 1.54) is 33.4 Å². The van der Waals surface area contributed by atoms with Crippen LogP contribution >= 0.6 is 69.6 Å². The largest absolute Gasteiger partial charge is 0.494 e. The van der Waals surface area contributed by atoms with Crippen LogP contribution in [0.4, 0.5) is 0 Å². The Labute approximate surface area is 570 Å². The molecule has 6 aliphatic rings. The molecule has 12 rings (SSSR count). The first-order chi connectivity index (χ1) is 41.5. The zero-order valence-electron chi connectivity index (χ0n) is 51.6. The van der Waals surface area contributed by atoms with E-state index in [0.717, 1.165) is 52.0 Å². The molecule has 0 aliphatic carbocycles. The Hall–Kier alpha value is -3.16. The van der Waals surface area contributed by atoms with Crippen molar-refractivity contribution in [3.05, 3.63) is 180 Å². The summed E-state index contributed by atoms with van der Waals surface area (Å²) in [7, 11) is -1.51. The molecule has 0 radical (unpaired) electrons. The van der Waals surface area contributed by atoms with Crippen LogP contribution in [-0.4, -0.2) is 119 Å². The number of halogens is 6. The van der Waals surface area contributed by atoms with E-state index in [9.17, 15) is 0 Å². The van der Waals surface area contributed by atoms with Gasteiger partial charge >= 0.3 is 42.7 Å². The van der Waals surface area contributed by atoms with Crippen LogP contribution in [0.25, 0.3) is 0 Å². The Bertz CT molecular complexity index is 2710. The second kappa shape index (κ2) is 39.0. The van der Waals surface area contributed by atoms with Crippen molar-refractivity contribution in [2.75, 3.05) is 39.6 Å². The summed E-state index contributed by atoms with van der Waals surface area (Å²) < 4.78 is 67.0. The Balaban J connectivity index is 0.000000229. The molecule has 6 fully saturated rings. The lowest BCUT2D eigenvalue weighted by molar-refractivity contribution is 0.230. The molecular weight excluding hydrogens is 1260 g/mol. The molecule has 6 heterocycles. The highest BCUT2D eigenvalue weighted by molar-refractivity contribution is 6.64. The quantitative estimate of drug-likeness (QED) is 0.102. The van der Waals surface area contributed by atoms with Crippen LogP contribution in [0.2, 0.25) is 30.1 Å². The summed E-state index contributed by atoms with van der Waals surface area (Å²) in [5.74, 6) is 0. The fourth-order valence-corrected chi connectivity index (χ4v) is 11.7. The summed E-state index contributed by atoms with van der Waals surface area (Å²) in [6, 6.07) is 35.1. The van der Waals surface area contributed by atoms with Crippen LogP contribution in [0.5, 0.6) is 0 Å². The van der Waals surface area contributed by atoms with Gasteiger partial charge in [-0.2, -0.15) is 0 Å². The third-order valence-corrected chi connectivity index (χ3v) is 15.3. The molecule has 12 nitrogen and oxygen atoms in total. The minimum atomic E-state index is -0.332. The van der Waals surface area contributed by atoms with Gasteiger partial charge in [-0.3, -0.25) is 0 Å². The van der Waals surface area contributed by atoms with E-state index < -0.39 is 0 Å². The summed E-state index contributed by atoms with van der Waals surface area (Å²) in [4.78, 5) is 0. The molecule has 0 bridgehead atoms. The van der Waals surface area contributed by atoms with Crippen molar-refractivity contribution in [3.63, 3.8) is 0 Å². The number of hydrogen-bond acceptors (Lipinski definition) is 12. The number of rotatable bonds is 9. The molecule has 6 aromatic rings. The maximum absolute atomic E-state index is 5.90. The Morgan fingerprint density at radius 2 is 0.511 bits per heavy atom. The average Bonchev–Trinajstić information content (AvgIpc) is 4.13. The SMILES string of the molecule is C.C.C.CC1COB(c2cc(Cl)cc(Cl)c2)O1.CC1COB(c2cc(Cl)cc(Cl)c2)O1.CCC1COB(c2cc(C)cc(C)c2)O1.CCC1COB(c2cc(Cl)cc(Cl)c2)O1.Cc1cc(C)cc(B2OCC(C)O2)c1.[CH2+]CC1COB(c2cc(C)cc(C)c2)O1. The predicted octanol–water partition coefficient (Wildman–Crippen LogP) is 13.6. The van der Waals surface area contributed by atoms with Crippen molar-refractivity contribution in [2.24, 2.45) is 0 Å². The molecule has 6 aromatic carbocycles. The zero-order valence-corrected chi connectivity index (χ0v) is 56.1. The van der Waals surface area contributed by atoms with E-state index in [2.05, 4.69) is 117 Å². The minimum absolute atomic E-state index is 0. The summed E-state index contributed by atoms with van der Waals surface area (Å²) in [5, 5.41) is 3.59. The van der Waals surface area contributed by atoms with Crippen LogP contribution in [0, 0.1) is 48.5 Å². The van der Waals surface area contributed by atoms with Crippen molar-refractivity contribution < 1.29 is 55.9 Å². The van der Waals surface area contributed by atoms with Gasteiger partial charge in [-0.1, -0.05) is 194 Å². The summed E-state index contributed by atoms with van der Waals surface area (Å²) in [6.45, 7) is 30.4. The van der Waals surface area contributed by atoms with Crippen LogP contribution in [0.1, 0.15) is 110 Å². The van der Waals surface area contributed by atoms with Crippen LogP contribution in [-0.2, 0) is 55.9 Å². The summed E-state index contributed by atoms with van der Waals surface area (Å²) in [6.07, 6.45) is 3.77. The molecule has 6 aliphatic heterocycles. The predicted molar refractivity (Wildman–Crippen MR) is 382 cm³/mol. The number of aryl methyl sites for hydroxylation is 6. The van der Waals surface area contributed by atoms with Gasteiger partial charge in [-0.15, -0.1) is 0 Å². The van der Waals surface area contributed by atoms with Crippen LogP contribution in [0.3, 0.4) is 0 Å². The van der Waals surface area contributed by atoms with Crippen LogP contribution in [0.15, 0.2) is 109 Å². The molecule has 6 saturated heterocycles. The Kier molecular flexibility index (Phi) is 34.4. The summed E-state index contributed by atoms with van der Waals surface area (Å²) in [5.41, 5.74) is 13.5. The van der Waals surface area contributed by atoms with Crippen LogP contribution < -0.4 is 32.8 Å². The first-order valence-electron chi connectivity index (χ1n) is 29.6. The second-order valence-corrected chi connectivity index (χ2v) is 25.2. The van der Waals surface area contributed by atoms with Crippen molar-refractivity contribution in [1.82, 2.24) is 0 Å². The third-order valence-electron chi connectivity index (χ3n) is 14.0. The first-order valence-corrected chi connectivity index (χ1v) is 31.8. The summed E-state index contributed by atoms with van der Waals surface area (Å²) >= 11 is 35.3. The zero-order chi connectivity index (χ0) is 62.9. The van der Waals surface area contributed by atoms with E-state index >= 15 is 0 Å². The Morgan fingerprint density at radius 1 is 0.311 bits per heavy atom. The number of hydrogen-bond donors (Lipinski definition) is 0. The molecule has 24 heteroatoms. The highest BCUT2D eigenvalue weighted by Gasteiger charge is 2.37. The first kappa shape index (κ1) is 79.3. The standard InChI is InChI=1S/C12H17BO2.C12H16BO2.C11H15BO2.C10H11BCl2O2.2C9H9BCl2O2.3CH4/c2*1-4-12-8-14-13(15-12)11-6-9(2)5-10(3)7-11;1-8-4-9(2)6-11(5-8)12-13-7-10(3)14-12;1-2-10-6-14-11(15-10)7-3-8(12)5-9(13)4-7;2*1-6-5-13-10(14-6)7-2-8(11)4-9(12)3-7;;;/h5-7,12H,4,8H2,1-3H3;5-7,12H,1,4,8H2,2-3H3;4-6,10H,7H2,1-3H3;3-5,10H,2,6H2,1H3;2*2-4,6H,5H2,1H3;3*1H4/q;+1;;;;;;;. The monoisotopic (exact) mass is 1350 g/mol. The molecule has 484 valence electrons. The third kappa shape index (κ3) is 25.5. The maximum atomic E-state index is 5.90. The normalized spacial score (nSPS) is 20.6. The molecule has 90 heavy (non-hydrogen) atoms. The molecule has 0 spiro atoms. The van der Waals surface area contributed by atoms with Gasteiger partial charge in [0.15, 0.2) is 0 Å². The lowest BCUT2D eigenvalue weighted by atomic mass is 9.78. The van der Waals surface area contributed by atoms with Gasteiger partial charge in [0.2, 0.25) is 0 Å². The highest BCUT2D eigenvalue weighted by Crippen LogP contribution is 2.21. The van der Waals surface area contributed by atoms with Crippen molar-refractivity contribution in [1.29, 1.82) is 0 Å². The lowest BCUT2D eigenvalue weighted by Gasteiger charge is -2.08. The topological polar surface area (TPSA) is 111 Å². The van der Waals surface area contributed by atoms with Gasteiger partial charge in [-0.25, -0.2) is 0 Å². The second-order valence-electron chi connectivity index (χ2n) is 22.6. The minimum Gasteiger partial charge on any atom is -0.405 e. The van der Waals surface area contributed by atoms with Gasteiger partial charge in [0.1, 0.15) is 12.5 Å². The van der Waals surface area contributed by atoms with Gasteiger partial charge in [0.25, 0.3) is 0 Å². The molecular formula is C66H89B6Cl6O12+. The van der Waals surface area contributed by atoms with Crippen molar-refractivity contribution in [3.8, 4) is 0 Å². The fourth-order valence-electron chi connectivity index (χ4n) is 10.1. The van der Waals surface area contributed by atoms with Gasteiger partial charge in [-0.05, 0) is 163 Å². The van der Waals surface area contributed by atoms with Gasteiger partial charge < -0.3 is 55.9 Å². The maximum Gasteiger partial charge on any atom is 0.494 e. The molecule has 0 N–H and O–H groups in total. The lowest BCUT2D eigenvalue weighted by Crippen LogP contribution is -2.32. The van der Waals surface area contributed by atoms with E-state index in [0.29, 0.717) is 69.8 Å². The van der Waals surface area contributed by atoms with Crippen molar-refractivity contribution >= 4 is 145 Å². The van der Waals surface area contributed by atoms with Gasteiger partial charge in [0.05, 0.1) is 77.1 Å². The molecule has 0 saturated carbocycles. The molecule has 0 amide bonds. The van der Waals surface area contributed by atoms with E-state index in [1.54, 1.807) is 42.5 Å². The highest BCUT2D eigenvalue weighted by atomic mass is 35.5. The smallest absolute Gasteiger partial charge is 0.405 e.